The molecule has 0 aromatic carbocycles. The number of rotatable bonds is 10. The Morgan fingerprint density at radius 3 is 2.38 bits per heavy atom. The lowest BCUT2D eigenvalue weighted by molar-refractivity contribution is 0.220. The van der Waals surface area contributed by atoms with Crippen LogP contribution in [-0.2, 0) is 0 Å². The fraction of sp³-hybridized carbons (Fsp3) is 0.611. The first-order chi connectivity index (χ1) is 10.0. The first-order valence-corrected chi connectivity index (χ1v) is 7.99. The van der Waals surface area contributed by atoms with Crippen LogP contribution in [0.5, 0.6) is 0 Å². The topological polar surface area (TPSA) is 41.6 Å². The molecule has 0 amide bonds. The van der Waals surface area contributed by atoms with Crippen LogP contribution < -0.4 is 5.73 Å². The molecule has 0 heterocycles. The lowest BCUT2D eigenvalue weighted by Crippen LogP contribution is -2.39. The molecule has 1 unspecified atom stereocenters. The maximum Gasteiger partial charge on any atom is 0.119 e. The van der Waals surface area contributed by atoms with Gasteiger partial charge in [-0.15, -0.1) is 0 Å². The van der Waals surface area contributed by atoms with E-state index >= 15 is 0 Å². The largest absolute Gasteiger partial charge is 0.384 e. The van der Waals surface area contributed by atoms with E-state index in [1.807, 2.05) is 19.1 Å². The zero-order valence-electron chi connectivity index (χ0n) is 14.5. The fourth-order valence-corrected chi connectivity index (χ4v) is 2.32. The van der Waals surface area contributed by atoms with Gasteiger partial charge in [-0.2, -0.15) is 0 Å². The lowest BCUT2D eigenvalue weighted by Gasteiger charge is -2.31. The third kappa shape index (κ3) is 7.86. The molecular weight excluding hydrogens is 258 g/mol. The predicted molar refractivity (Wildman–Crippen MR) is 95.6 cm³/mol. The molecule has 2 N–H and O–H groups in total. The van der Waals surface area contributed by atoms with Crippen LogP contribution in [0.4, 0.5) is 0 Å². The Labute approximate surface area is 131 Å². The number of hydrogen-bond donors (Lipinski definition) is 1. The first kappa shape index (κ1) is 19.7. The highest BCUT2D eigenvalue weighted by molar-refractivity contribution is 5.96. The number of aliphatic imine (C=N–C) groups is 1. The van der Waals surface area contributed by atoms with Crippen LogP contribution in [0.3, 0.4) is 0 Å². The van der Waals surface area contributed by atoms with E-state index in [0.29, 0.717) is 11.9 Å². The maximum absolute atomic E-state index is 5.80. The number of allylic oxidation sites excluding steroid dienone is 2. The Bertz CT molecular complexity index is 391. The van der Waals surface area contributed by atoms with Gasteiger partial charge >= 0.3 is 0 Å². The Balaban J connectivity index is 5.06. The highest BCUT2D eigenvalue weighted by Gasteiger charge is 2.17. The third-order valence-corrected chi connectivity index (χ3v) is 3.76. The summed E-state index contributed by atoms with van der Waals surface area (Å²) < 4.78 is 0. The van der Waals surface area contributed by atoms with Gasteiger partial charge in [0, 0.05) is 12.6 Å². The summed E-state index contributed by atoms with van der Waals surface area (Å²) in [6.07, 6.45) is 9.33. The van der Waals surface area contributed by atoms with Crippen molar-refractivity contribution in [3.8, 4) is 0 Å². The molecule has 21 heavy (non-hydrogen) atoms. The Morgan fingerprint density at radius 2 is 1.95 bits per heavy atom. The van der Waals surface area contributed by atoms with Gasteiger partial charge in [0.1, 0.15) is 5.82 Å². The quantitative estimate of drug-likeness (QED) is 0.482. The maximum atomic E-state index is 5.80. The second-order valence-electron chi connectivity index (χ2n) is 5.37. The van der Waals surface area contributed by atoms with Crippen molar-refractivity contribution in [1.29, 1.82) is 0 Å². The van der Waals surface area contributed by atoms with E-state index in [4.69, 9.17) is 5.73 Å². The van der Waals surface area contributed by atoms with E-state index in [-0.39, 0.29) is 0 Å². The Kier molecular flexibility index (Phi) is 10.6. The van der Waals surface area contributed by atoms with E-state index < -0.39 is 0 Å². The van der Waals surface area contributed by atoms with Crippen LogP contribution in [-0.4, -0.2) is 29.7 Å². The average molecular weight is 291 g/mol. The minimum absolute atomic E-state index is 0.549. The molecular formula is C18H33N3. The van der Waals surface area contributed by atoms with Gasteiger partial charge in [0.05, 0.1) is 5.71 Å². The van der Waals surface area contributed by atoms with Gasteiger partial charge in [-0.1, -0.05) is 38.5 Å². The highest BCUT2D eigenvalue weighted by atomic mass is 15.2. The molecule has 3 nitrogen and oxygen atoms in total. The van der Waals surface area contributed by atoms with Gasteiger partial charge < -0.3 is 5.73 Å². The number of nitrogens with zero attached hydrogens (tertiary/aromatic N) is 2. The lowest BCUT2D eigenvalue weighted by atomic mass is 10.0. The predicted octanol–water partition coefficient (Wildman–Crippen LogP) is 4.28. The Morgan fingerprint density at radius 1 is 1.29 bits per heavy atom. The van der Waals surface area contributed by atoms with Crippen molar-refractivity contribution in [2.45, 2.75) is 59.9 Å². The van der Waals surface area contributed by atoms with Crippen molar-refractivity contribution < 1.29 is 0 Å². The monoisotopic (exact) mass is 291 g/mol. The fourth-order valence-electron chi connectivity index (χ4n) is 2.32. The summed E-state index contributed by atoms with van der Waals surface area (Å²) >= 11 is 0. The summed E-state index contributed by atoms with van der Waals surface area (Å²) in [5.74, 6) is 0.553. The summed E-state index contributed by atoms with van der Waals surface area (Å²) in [7, 11) is 0. The molecule has 0 aromatic heterocycles. The first-order valence-electron chi connectivity index (χ1n) is 7.99. The molecule has 0 aliphatic heterocycles. The summed E-state index contributed by atoms with van der Waals surface area (Å²) in [6, 6.07) is 0.549. The van der Waals surface area contributed by atoms with E-state index in [1.165, 1.54) is 18.4 Å². The van der Waals surface area contributed by atoms with E-state index in [0.717, 1.165) is 25.2 Å². The zero-order valence-corrected chi connectivity index (χ0v) is 14.5. The minimum atomic E-state index is 0.549. The van der Waals surface area contributed by atoms with Gasteiger partial charge in [-0.25, -0.2) is 4.99 Å². The van der Waals surface area contributed by atoms with Gasteiger partial charge in [0.15, 0.2) is 0 Å². The van der Waals surface area contributed by atoms with E-state index in [2.05, 4.69) is 50.2 Å². The van der Waals surface area contributed by atoms with Crippen LogP contribution in [0, 0.1) is 0 Å². The van der Waals surface area contributed by atoms with E-state index in [9.17, 15) is 0 Å². The minimum Gasteiger partial charge on any atom is -0.384 e. The standard InChI is InChI=1S/C18H33N3/c1-7-12-17(13-15(6)8-2)21(11-5)14-16(9-3)20-18(19)10-4/h8-10,17H,3,7,11-14,19H2,1-2,4-6H3/b15-8-,18-10-,20-16?. The molecule has 0 aromatic rings. The molecule has 0 spiro atoms. The number of nitrogens with two attached hydrogens (primary N) is 1. The summed E-state index contributed by atoms with van der Waals surface area (Å²) in [6.45, 7) is 16.3. The van der Waals surface area contributed by atoms with Crippen molar-refractivity contribution in [3.63, 3.8) is 0 Å². The summed E-state index contributed by atoms with van der Waals surface area (Å²) in [4.78, 5) is 6.90. The molecule has 3 heteroatoms. The smallest absolute Gasteiger partial charge is 0.119 e. The molecule has 1 atom stereocenters. The average Bonchev–Trinajstić information content (AvgIpc) is 2.50. The third-order valence-electron chi connectivity index (χ3n) is 3.76. The van der Waals surface area contributed by atoms with Crippen LogP contribution in [0.25, 0.3) is 0 Å². The molecule has 0 fully saturated rings. The van der Waals surface area contributed by atoms with Crippen molar-refractivity contribution in [1.82, 2.24) is 4.90 Å². The van der Waals surface area contributed by atoms with Crippen molar-refractivity contribution in [2.75, 3.05) is 13.1 Å². The second kappa shape index (κ2) is 11.3. The molecule has 0 saturated carbocycles. The van der Waals surface area contributed by atoms with Crippen LogP contribution in [0.15, 0.2) is 41.2 Å². The highest BCUT2D eigenvalue weighted by Crippen LogP contribution is 2.16. The summed E-state index contributed by atoms with van der Waals surface area (Å²) in [5, 5.41) is 0. The second-order valence-corrected chi connectivity index (χ2v) is 5.37. The van der Waals surface area contributed by atoms with Gasteiger partial charge in [-0.05, 0) is 52.3 Å². The number of hydrogen-bond acceptors (Lipinski definition) is 3. The molecule has 0 saturated heterocycles. The zero-order chi connectivity index (χ0) is 16.3. The van der Waals surface area contributed by atoms with Crippen LogP contribution >= 0.6 is 0 Å². The van der Waals surface area contributed by atoms with Crippen LogP contribution in [0.1, 0.15) is 53.9 Å². The molecule has 0 bridgehead atoms. The van der Waals surface area contributed by atoms with Crippen molar-refractivity contribution in [2.24, 2.45) is 10.7 Å². The van der Waals surface area contributed by atoms with Gasteiger partial charge in [0.2, 0.25) is 0 Å². The normalized spacial score (nSPS) is 15.4. The van der Waals surface area contributed by atoms with E-state index in [1.54, 1.807) is 0 Å². The van der Waals surface area contributed by atoms with Crippen LogP contribution in [0.2, 0.25) is 0 Å². The SMILES string of the molecule is C=CC(CN(CC)C(CCC)C/C(C)=C\C)=N/C(N)=C\C. The van der Waals surface area contributed by atoms with Gasteiger partial charge in [-0.3, -0.25) is 4.90 Å². The Hall–Kier alpha value is -1.35. The van der Waals surface area contributed by atoms with Gasteiger partial charge in [0.25, 0.3) is 0 Å². The molecule has 0 aliphatic carbocycles. The van der Waals surface area contributed by atoms with Crippen molar-refractivity contribution >= 4 is 5.71 Å². The summed E-state index contributed by atoms with van der Waals surface area (Å²) in [5.41, 5.74) is 8.18. The molecule has 0 radical (unpaired) electrons. The van der Waals surface area contributed by atoms with Crippen molar-refractivity contribution in [3.05, 3.63) is 36.2 Å². The molecule has 120 valence electrons. The molecule has 0 rings (SSSR count). The molecule has 0 aliphatic rings.